The van der Waals surface area contributed by atoms with Gasteiger partial charge in [0.15, 0.2) is 11.5 Å². The predicted molar refractivity (Wildman–Crippen MR) is 87.9 cm³/mol. The SMILES string of the molecule is OC(Cc1cccc(Br)c1)c1cc(Br)c2c(c1)OCCO2. The van der Waals surface area contributed by atoms with E-state index in [1.807, 2.05) is 36.4 Å². The average Bonchev–Trinajstić information content (AvgIpc) is 2.47. The lowest BCUT2D eigenvalue weighted by molar-refractivity contribution is 0.163. The van der Waals surface area contributed by atoms with E-state index >= 15 is 0 Å². The van der Waals surface area contributed by atoms with E-state index in [-0.39, 0.29) is 0 Å². The molecule has 0 bridgehead atoms. The lowest BCUT2D eigenvalue weighted by Gasteiger charge is -2.21. The fraction of sp³-hybridized carbons (Fsp3) is 0.250. The molecule has 110 valence electrons. The zero-order chi connectivity index (χ0) is 14.8. The van der Waals surface area contributed by atoms with Gasteiger partial charge in [-0.05, 0) is 51.3 Å². The first kappa shape index (κ1) is 14.9. The highest BCUT2D eigenvalue weighted by molar-refractivity contribution is 9.10. The summed E-state index contributed by atoms with van der Waals surface area (Å²) in [5, 5.41) is 10.5. The van der Waals surface area contributed by atoms with Gasteiger partial charge in [0.1, 0.15) is 13.2 Å². The van der Waals surface area contributed by atoms with Crippen LogP contribution in [0.4, 0.5) is 0 Å². The van der Waals surface area contributed by atoms with Crippen LogP contribution in [-0.2, 0) is 6.42 Å². The number of hydrogen-bond acceptors (Lipinski definition) is 3. The number of ether oxygens (including phenoxy) is 2. The lowest BCUT2D eigenvalue weighted by Crippen LogP contribution is -2.16. The minimum atomic E-state index is -0.591. The Morgan fingerprint density at radius 1 is 1.10 bits per heavy atom. The second kappa shape index (κ2) is 6.38. The smallest absolute Gasteiger partial charge is 0.175 e. The lowest BCUT2D eigenvalue weighted by atomic mass is 10.0. The van der Waals surface area contributed by atoms with Crippen LogP contribution in [0.15, 0.2) is 45.3 Å². The molecule has 21 heavy (non-hydrogen) atoms. The minimum Gasteiger partial charge on any atom is -0.486 e. The monoisotopic (exact) mass is 412 g/mol. The molecule has 1 atom stereocenters. The summed E-state index contributed by atoms with van der Waals surface area (Å²) in [4.78, 5) is 0. The number of benzene rings is 2. The Bertz CT molecular complexity index is 658. The molecule has 2 aromatic rings. The van der Waals surface area contributed by atoms with E-state index < -0.39 is 6.10 Å². The Labute approximate surface area is 140 Å². The van der Waals surface area contributed by atoms with Gasteiger partial charge >= 0.3 is 0 Å². The van der Waals surface area contributed by atoms with Crippen molar-refractivity contribution in [3.05, 3.63) is 56.5 Å². The number of aliphatic hydroxyl groups excluding tert-OH is 1. The van der Waals surface area contributed by atoms with E-state index in [0.29, 0.717) is 31.1 Å². The molecule has 0 aromatic heterocycles. The number of aliphatic hydroxyl groups is 1. The van der Waals surface area contributed by atoms with E-state index in [0.717, 1.165) is 20.1 Å². The highest BCUT2D eigenvalue weighted by atomic mass is 79.9. The number of rotatable bonds is 3. The van der Waals surface area contributed by atoms with Crippen LogP contribution in [0.25, 0.3) is 0 Å². The molecule has 1 unspecified atom stereocenters. The van der Waals surface area contributed by atoms with Crippen molar-refractivity contribution in [1.82, 2.24) is 0 Å². The van der Waals surface area contributed by atoms with Crippen LogP contribution in [0.1, 0.15) is 17.2 Å². The third-order valence-corrected chi connectivity index (χ3v) is 4.40. The molecule has 1 aliphatic heterocycles. The van der Waals surface area contributed by atoms with Crippen LogP contribution in [0.3, 0.4) is 0 Å². The Hall–Kier alpha value is -1.04. The first-order valence-electron chi connectivity index (χ1n) is 6.65. The summed E-state index contributed by atoms with van der Waals surface area (Å²) >= 11 is 6.92. The molecule has 3 nitrogen and oxygen atoms in total. The van der Waals surface area contributed by atoms with Crippen molar-refractivity contribution in [2.75, 3.05) is 13.2 Å². The van der Waals surface area contributed by atoms with Crippen LogP contribution in [0.5, 0.6) is 11.5 Å². The van der Waals surface area contributed by atoms with E-state index in [4.69, 9.17) is 9.47 Å². The summed E-state index contributed by atoms with van der Waals surface area (Å²) in [6.07, 6.45) is -0.0441. The third kappa shape index (κ3) is 3.42. The third-order valence-electron chi connectivity index (χ3n) is 3.32. The first-order chi connectivity index (χ1) is 10.1. The van der Waals surface area contributed by atoms with Gasteiger partial charge in [0.2, 0.25) is 0 Å². The minimum absolute atomic E-state index is 0.532. The van der Waals surface area contributed by atoms with Crippen molar-refractivity contribution >= 4 is 31.9 Å². The summed E-state index contributed by atoms with van der Waals surface area (Å²) < 4.78 is 13.0. The molecule has 0 spiro atoms. The Kier molecular flexibility index (Phi) is 4.52. The summed E-state index contributed by atoms with van der Waals surface area (Å²) in [6.45, 7) is 1.08. The molecular weight excluding hydrogens is 400 g/mol. The van der Waals surface area contributed by atoms with E-state index in [1.165, 1.54) is 0 Å². The van der Waals surface area contributed by atoms with E-state index in [1.54, 1.807) is 0 Å². The van der Waals surface area contributed by atoms with Crippen LogP contribution in [0, 0.1) is 0 Å². The zero-order valence-corrected chi connectivity index (χ0v) is 14.4. The fourth-order valence-corrected chi connectivity index (χ4v) is 3.35. The maximum absolute atomic E-state index is 10.5. The van der Waals surface area contributed by atoms with Crippen molar-refractivity contribution in [2.24, 2.45) is 0 Å². The zero-order valence-electron chi connectivity index (χ0n) is 11.2. The number of hydrogen-bond donors (Lipinski definition) is 1. The number of fused-ring (bicyclic) bond motifs is 1. The highest BCUT2D eigenvalue weighted by Crippen LogP contribution is 2.40. The fourth-order valence-electron chi connectivity index (χ4n) is 2.33. The van der Waals surface area contributed by atoms with Gasteiger partial charge in [-0.15, -0.1) is 0 Å². The van der Waals surface area contributed by atoms with Gasteiger partial charge in [-0.3, -0.25) is 0 Å². The van der Waals surface area contributed by atoms with Gasteiger partial charge in [-0.1, -0.05) is 28.1 Å². The Morgan fingerprint density at radius 3 is 2.71 bits per heavy atom. The van der Waals surface area contributed by atoms with Crippen LogP contribution in [-0.4, -0.2) is 18.3 Å². The van der Waals surface area contributed by atoms with E-state index in [2.05, 4.69) is 31.9 Å². The van der Waals surface area contributed by atoms with Crippen molar-refractivity contribution in [2.45, 2.75) is 12.5 Å². The molecule has 1 N–H and O–H groups in total. The molecule has 1 aliphatic rings. The van der Waals surface area contributed by atoms with Gasteiger partial charge in [0.05, 0.1) is 10.6 Å². The summed E-state index contributed by atoms with van der Waals surface area (Å²) in [6, 6.07) is 11.7. The van der Waals surface area contributed by atoms with Crippen molar-refractivity contribution < 1.29 is 14.6 Å². The summed E-state index contributed by atoms with van der Waals surface area (Å²) in [5.74, 6) is 1.39. The molecular formula is C16H14Br2O3. The van der Waals surface area contributed by atoms with Crippen LogP contribution < -0.4 is 9.47 Å². The van der Waals surface area contributed by atoms with Gasteiger partial charge in [-0.2, -0.15) is 0 Å². The average molecular weight is 414 g/mol. The Balaban J connectivity index is 1.84. The first-order valence-corrected chi connectivity index (χ1v) is 8.23. The maximum atomic E-state index is 10.5. The molecule has 0 saturated heterocycles. The quantitative estimate of drug-likeness (QED) is 0.816. The predicted octanol–water partition coefficient (Wildman–Crippen LogP) is 4.26. The van der Waals surface area contributed by atoms with Crippen molar-refractivity contribution in [3.8, 4) is 11.5 Å². The molecule has 0 amide bonds. The molecule has 0 aliphatic carbocycles. The second-order valence-electron chi connectivity index (χ2n) is 4.88. The molecule has 3 rings (SSSR count). The molecule has 0 radical (unpaired) electrons. The normalized spacial score (nSPS) is 14.8. The molecule has 2 aromatic carbocycles. The summed E-state index contributed by atoms with van der Waals surface area (Å²) in [5.41, 5.74) is 1.88. The van der Waals surface area contributed by atoms with Gasteiger partial charge in [-0.25, -0.2) is 0 Å². The van der Waals surface area contributed by atoms with E-state index in [9.17, 15) is 5.11 Å². The topological polar surface area (TPSA) is 38.7 Å². The second-order valence-corrected chi connectivity index (χ2v) is 6.65. The van der Waals surface area contributed by atoms with Gasteiger partial charge in [0, 0.05) is 10.9 Å². The van der Waals surface area contributed by atoms with Crippen LogP contribution >= 0.6 is 31.9 Å². The molecule has 1 heterocycles. The summed E-state index contributed by atoms with van der Waals surface area (Å²) in [7, 11) is 0. The number of halogens is 2. The molecule has 0 saturated carbocycles. The van der Waals surface area contributed by atoms with Crippen molar-refractivity contribution in [3.63, 3.8) is 0 Å². The van der Waals surface area contributed by atoms with Crippen molar-refractivity contribution in [1.29, 1.82) is 0 Å². The molecule has 5 heteroatoms. The van der Waals surface area contributed by atoms with Gasteiger partial charge in [0.25, 0.3) is 0 Å². The highest BCUT2D eigenvalue weighted by Gasteiger charge is 2.19. The largest absolute Gasteiger partial charge is 0.486 e. The standard InChI is InChI=1S/C16H14Br2O3/c17-12-3-1-2-10(6-12)7-14(19)11-8-13(18)16-15(9-11)20-4-5-21-16/h1-3,6,8-9,14,19H,4-5,7H2. The molecule has 0 fully saturated rings. The maximum Gasteiger partial charge on any atom is 0.175 e. The Morgan fingerprint density at radius 2 is 1.90 bits per heavy atom. The van der Waals surface area contributed by atoms with Gasteiger partial charge < -0.3 is 14.6 Å². The van der Waals surface area contributed by atoms with Crippen LogP contribution in [0.2, 0.25) is 0 Å².